The van der Waals surface area contributed by atoms with Gasteiger partial charge in [-0.15, -0.1) is 12.4 Å². The number of benzene rings is 2. The number of amides is 1. The molecule has 1 saturated carbocycles. The molecule has 0 bridgehead atoms. The van der Waals surface area contributed by atoms with E-state index in [0.717, 1.165) is 37.1 Å². The maximum Gasteiger partial charge on any atom is 0.251 e. The predicted molar refractivity (Wildman–Crippen MR) is 114 cm³/mol. The van der Waals surface area contributed by atoms with E-state index in [4.69, 9.17) is 0 Å². The number of aliphatic hydroxyl groups excluding tert-OH is 1. The molecule has 0 aromatic heterocycles. The third kappa shape index (κ3) is 4.80. The number of halogens is 2. The van der Waals surface area contributed by atoms with Crippen molar-refractivity contribution in [2.75, 3.05) is 13.1 Å². The molecule has 0 spiro atoms. The zero-order valence-electron chi connectivity index (χ0n) is 16.5. The average molecular weight is 419 g/mol. The largest absolute Gasteiger partial charge is 0.391 e. The van der Waals surface area contributed by atoms with Crippen LogP contribution in [-0.4, -0.2) is 36.2 Å². The molecule has 6 heteroatoms. The Kier molecular flexibility index (Phi) is 6.93. The normalized spacial score (nSPS) is 25.8. The van der Waals surface area contributed by atoms with Crippen molar-refractivity contribution in [3.8, 4) is 0 Å². The average Bonchev–Trinajstić information content (AvgIpc) is 3.12. The molecule has 3 N–H and O–H groups in total. The first-order valence-corrected chi connectivity index (χ1v) is 10.0. The summed E-state index contributed by atoms with van der Waals surface area (Å²) in [6, 6.07) is 12.4. The molecular weight excluding hydrogens is 391 g/mol. The van der Waals surface area contributed by atoms with Crippen LogP contribution in [0.3, 0.4) is 0 Å². The molecule has 2 fully saturated rings. The molecule has 4 atom stereocenters. The Morgan fingerprint density at radius 3 is 2.66 bits per heavy atom. The Morgan fingerprint density at radius 1 is 1.17 bits per heavy atom. The lowest BCUT2D eigenvalue weighted by atomic mass is 9.77. The summed E-state index contributed by atoms with van der Waals surface area (Å²) < 4.78 is 13.9. The van der Waals surface area contributed by atoms with E-state index in [9.17, 15) is 14.3 Å². The molecule has 156 valence electrons. The minimum Gasteiger partial charge on any atom is -0.391 e. The van der Waals surface area contributed by atoms with Gasteiger partial charge < -0.3 is 15.7 Å². The molecule has 1 aliphatic carbocycles. The van der Waals surface area contributed by atoms with Gasteiger partial charge >= 0.3 is 0 Å². The minimum absolute atomic E-state index is 0. The van der Waals surface area contributed by atoms with Crippen LogP contribution < -0.4 is 10.6 Å². The van der Waals surface area contributed by atoms with E-state index in [0.29, 0.717) is 29.4 Å². The standard InChI is InChI=1S/C23H27FN2O2.ClH/c1-14-6-7-15(9-20(14)24)8-16-4-2-3-5-19(16)23(28)26-21-10-17-12-25-13-18(17)11-22(21)27;/h2-7,9,17-18,21-22,25,27H,8,10-13H2,1H3,(H,26,28);1H/t17-,18+,21-,22-;/m0./s1. The molecular formula is C23H28ClFN2O2. The highest BCUT2D eigenvalue weighted by Crippen LogP contribution is 2.33. The van der Waals surface area contributed by atoms with E-state index in [1.54, 1.807) is 19.1 Å². The summed E-state index contributed by atoms with van der Waals surface area (Å²) in [5.41, 5.74) is 2.89. The summed E-state index contributed by atoms with van der Waals surface area (Å²) in [7, 11) is 0. The topological polar surface area (TPSA) is 61.4 Å². The van der Waals surface area contributed by atoms with Crippen molar-refractivity contribution >= 4 is 18.3 Å². The second-order valence-corrected chi connectivity index (χ2v) is 8.21. The maximum absolute atomic E-state index is 13.9. The van der Waals surface area contributed by atoms with E-state index in [1.165, 1.54) is 6.07 Å². The highest BCUT2D eigenvalue weighted by atomic mass is 35.5. The first kappa shape index (κ1) is 21.8. The Hall–Kier alpha value is -1.95. The fourth-order valence-corrected chi connectivity index (χ4v) is 4.56. The quantitative estimate of drug-likeness (QED) is 0.714. The second-order valence-electron chi connectivity index (χ2n) is 8.21. The molecule has 2 aromatic rings. The molecule has 29 heavy (non-hydrogen) atoms. The van der Waals surface area contributed by atoms with Gasteiger partial charge in [-0.25, -0.2) is 4.39 Å². The molecule has 1 saturated heterocycles. The van der Waals surface area contributed by atoms with Crippen molar-refractivity contribution in [1.29, 1.82) is 0 Å². The summed E-state index contributed by atoms with van der Waals surface area (Å²) in [6.07, 6.45) is 1.51. The first-order chi connectivity index (χ1) is 13.5. The number of fused-ring (bicyclic) bond motifs is 1. The molecule has 0 radical (unpaired) electrons. The summed E-state index contributed by atoms with van der Waals surface area (Å²) in [5, 5.41) is 16.9. The number of rotatable bonds is 4. The van der Waals surface area contributed by atoms with E-state index in [1.807, 2.05) is 24.3 Å². The minimum atomic E-state index is -0.511. The van der Waals surface area contributed by atoms with E-state index >= 15 is 0 Å². The van der Waals surface area contributed by atoms with Crippen LogP contribution in [-0.2, 0) is 6.42 Å². The number of carbonyl (C=O) groups excluding carboxylic acids is 1. The zero-order chi connectivity index (χ0) is 19.7. The second kappa shape index (κ2) is 9.24. The van der Waals surface area contributed by atoms with Crippen LogP contribution in [0.15, 0.2) is 42.5 Å². The number of nitrogens with one attached hydrogen (secondary N) is 2. The molecule has 1 heterocycles. The van der Waals surface area contributed by atoms with Crippen molar-refractivity contribution in [1.82, 2.24) is 10.6 Å². The van der Waals surface area contributed by atoms with Gasteiger partial charge in [0.15, 0.2) is 0 Å². The van der Waals surface area contributed by atoms with Gasteiger partial charge in [0.2, 0.25) is 0 Å². The van der Waals surface area contributed by atoms with Gasteiger partial charge in [0.25, 0.3) is 5.91 Å². The number of hydrogen-bond acceptors (Lipinski definition) is 3. The third-order valence-corrected chi connectivity index (χ3v) is 6.25. The van der Waals surface area contributed by atoms with Gasteiger partial charge in [0.1, 0.15) is 5.82 Å². The molecule has 2 aliphatic rings. The van der Waals surface area contributed by atoms with Gasteiger partial charge in [-0.1, -0.05) is 30.3 Å². The van der Waals surface area contributed by atoms with Crippen LogP contribution >= 0.6 is 12.4 Å². The molecule has 1 aliphatic heterocycles. The van der Waals surface area contributed by atoms with Crippen molar-refractivity contribution in [2.24, 2.45) is 11.8 Å². The van der Waals surface area contributed by atoms with Crippen molar-refractivity contribution in [3.05, 3.63) is 70.5 Å². The molecule has 4 rings (SSSR count). The lowest BCUT2D eigenvalue weighted by molar-refractivity contribution is 0.0461. The Labute approximate surface area is 177 Å². The van der Waals surface area contributed by atoms with E-state index in [2.05, 4.69) is 10.6 Å². The van der Waals surface area contributed by atoms with Crippen LogP contribution in [0.25, 0.3) is 0 Å². The van der Waals surface area contributed by atoms with Crippen molar-refractivity contribution in [2.45, 2.75) is 38.3 Å². The Balaban J connectivity index is 0.00000240. The van der Waals surface area contributed by atoms with Gasteiger partial charge in [-0.05, 0) is 79.9 Å². The summed E-state index contributed by atoms with van der Waals surface area (Å²) in [4.78, 5) is 13.0. The van der Waals surface area contributed by atoms with Crippen LogP contribution in [0.2, 0.25) is 0 Å². The van der Waals surface area contributed by atoms with Crippen LogP contribution in [0.5, 0.6) is 0 Å². The monoisotopic (exact) mass is 418 g/mol. The smallest absolute Gasteiger partial charge is 0.251 e. The fraction of sp³-hybridized carbons (Fsp3) is 0.435. The lowest BCUT2D eigenvalue weighted by Gasteiger charge is -2.35. The van der Waals surface area contributed by atoms with Crippen molar-refractivity contribution in [3.63, 3.8) is 0 Å². The zero-order valence-corrected chi connectivity index (χ0v) is 17.3. The van der Waals surface area contributed by atoms with Crippen LogP contribution in [0.4, 0.5) is 4.39 Å². The summed E-state index contributed by atoms with van der Waals surface area (Å²) in [5.74, 6) is 0.618. The SMILES string of the molecule is Cc1ccc(Cc2ccccc2C(=O)N[C@H]2C[C@H]3CNC[C@H]3C[C@@H]2O)cc1F.Cl. The maximum atomic E-state index is 13.9. The Morgan fingerprint density at radius 2 is 1.90 bits per heavy atom. The Bertz CT molecular complexity index is 876. The molecule has 1 amide bonds. The van der Waals surface area contributed by atoms with E-state index in [-0.39, 0.29) is 30.2 Å². The third-order valence-electron chi connectivity index (χ3n) is 6.25. The van der Waals surface area contributed by atoms with E-state index < -0.39 is 6.10 Å². The molecule has 2 aromatic carbocycles. The van der Waals surface area contributed by atoms with Crippen LogP contribution in [0, 0.1) is 24.6 Å². The molecule has 0 unspecified atom stereocenters. The summed E-state index contributed by atoms with van der Waals surface area (Å²) >= 11 is 0. The number of aryl methyl sites for hydroxylation is 1. The van der Waals surface area contributed by atoms with Gasteiger partial charge in [0.05, 0.1) is 12.1 Å². The highest BCUT2D eigenvalue weighted by Gasteiger charge is 2.39. The highest BCUT2D eigenvalue weighted by molar-refractivity contribution is 5.96. The fourth-order valence-electron chi connectivity index (χ4n) is 4.56. The van der Waals surface area contributed by atoms with Gasteiger partial charge in [-0.3, -0.25) is 4.79 Å². The molecule has 4 nitrogen and oxygen atoms in total. The van der Waals surface area contributed by atoms with Crippen LogP contribution in [0.1, 0.15) is 39.9 Å². The summed E-state index contributed by atoms with van der Waals surface area (Å²) in [6.45, 7) is 3.65. The first-order valence-electron chi connectivity index (χ1n) is 10.0. The number of carbonyl (C=O) groups is 1. The predicted octanol–water partition coefficient (Wildman–Crippen LogP) is 3.24. The number of hydrogen-bond donors (Lipinski definition) is 3. The van der Waals surface area contributed by atoms with Crippen molar-refractivity contribution < 1.29 is 14.3 Å². The van der Waals surface area contributed by atoms with Gasteiger partial charge in [-0.2, -0.15) is 0 Å². The van der Waals surface area contributed by atoms with Gasteiger partial charge in [0, 0.05) is 5.56 Å². The lowest BCUT2D eigenvalue weighted by Crippen LogP contribution is -2.49. The number of aliphatic hydroxyl groups is 1.